The Hall–Kier alpha value is -3.36. The summed E-state index contributed by atoms with van der Waals surface area (Å²) in [5.41, 5.74) is 1.12. The lowest BCUT2D eigenvalue weighted by atomic mass is 9.98. The number of hydrogen-bond acceptors (Lipinski definition) is 5. The smallest absolute Gasteiger partial charge is 0.308 e. The second-order valence-electron chi connectivity index (χ2n) is 7.69. The molecule has 1 saturated heterocycles. The molecule has 1 aliphatic heterocycles. The lowest BCUT2D eigenvalue weighted by Gasteiger charge is -2.35. The van der Waals surface area contributed by atoms with E-state index in [-0.39, 0.29) is 24.1 Å². The van der Waals surface area contributed by atoms with Gasteiger partial charge in [0.1, 0.15) is 0 Å². The molecule has 4 rings (SSSR count). The van der Waals surface area contributed by atoms with E-state index in [1.165, 1.54) is 6.92 Å². The number of amides is 1. The molecule has 1 N–H and O–H groups in total. The van der Waals surface area contributed by atoms with Crippen molar-refractivity contribution >= 4 is 11.6 Å². The number of rotatable bonds is 5. The van der Waals surface area contributed by atoms with E-state index in [1.54, 1.807) is 32.4 Å². The van der Waals surface area contributed by atoms with E-state index in [9.17, 15) is 14.0 Å². The zero-order chi connectivity index (χ0) is 22.1. The molecule has 0 saturated carbocycles. The highest BCUT2D eigenvalue weighted by Gasteiger charge is 2.30. The van der Waals surface area contributed by atoms with E-state index in [2.05, 4.69) is 10.1 Å². The predicted molar refractivity (Wildman–Crippen MR) is 112 cm³/mol. The molecular weight excluding hydrogens is 403 g/mol. The van der Waals surface area contributed by atoms with Crippen LogP contribution in [0.5, 0.6) is 11.5 Å². The van der Waals surface area contributed by atoms with Gasteiger partial charge in [-0.15, -0.1) is 0 Å². The summed E-state index contributed by atoms with van der Waals surface area (Å²) in [6, 6.07) is 6.91. The van der Waals surface area contributed by atoms with Crippen molar-refractivity contribution in [3.63, 3.8) is 0 Å². The highest BCUT2D eigenvalue weighted by Crippen LogP contribution is 2.32. The normalized spacial score (nSPS) is 16.5. The molecule has 3 aromatic rings. The Balaban J connectivity index is 1.62. The van der Waals surface area contributed by atoms with Gasteiger partial charge in [-0.3, -0.25) is 14.7 Å². The fraction of sp³-hybridized carbons (Fsp3) is 0.409. The minimum atomic E-state index is -0.879. The van der Waals surface area contributed by atoms with Crippen LogP contribution < -0.4 is 15.0 Å². The number of halogens is 1. The van der Waals surface area contributed by atoms with Crippen molar-refractivity contribution in [2.75, 3.05) is 20.8 Å². The third-order valence-corrected chi connectivity index (χ3v) is 5.73. The second-order valence-corrected chi connectivity index (χ2v) is 7.69. The van der Waals surface area contributed by atoms with Crippen molar-refractivity contribution in [1.29, 1.82) is 0 Å². The monoisotopic (exact) mass is 428 g/mol. The summed E-state index contributed by atoms with van der Waals surface area (Å²) < 4.78 is 25.7. The number of aromatic nitrogens is 3. The van der Waals surface area contributed by atoms with E-state index in [0.717, 1.165) is 29.3 Å². The predicted octanol–water partition coefficient (Wildman–Crippen LogP) is 2.78. The molecule has 0 radical (unpaired) electrons. The van der Waals surface area contributed by atoms with Gasteiger partial charge in [0.15, 0.2) is 17.1 Å². The number of piperidine rings is 1. The molecule has 9 heteroatoms. The number of ether oxygens (including phenoxy) is 2. The van der Waals surface area contributed by atoms with Gasteiger partial charge in [-0.05, 0) is 43.9 Å². The summed E-state index contributed by atoms with van der Waals surface area (Å²) >= 11 is 0. The number of methoxy groups -OCH3 is 2. The Morgan fingerprint density at radius 2 is 2.00 bits per heavy atom. The minimum absolute atomic E-state index is 0.0294. The summed E-state index contributed by atoms with van der Waals surface area (Å²) in [4.78, 5) is 31.4. The lowest BCUT2D eigenvalue weighted by Crippen LogP contribution is -2.39. The summed E-state index contributed by atoms with van der Waals surface area (Å²) in [7, 11) is 3.12. The van der Waals surface area contributed by atoms with Gasteiger partial charge < -0.3 is 14.4 Å². The Kier molecular flexibility index (Phi) is 5.67. The van der Waals surface area contributed by atoms with Crippen LogP contribution in [0.25, 0.3) is 5.65 Å². The number of carbonyl (C=O) groups excluding carboxylic acids is 1. The summed E-state index contributed by atoms with van der Waals surface area (Å²) in [6.07, 6.45) is 2.82. The fourth-order valence-electron chi connectivity index (χ4n) is 4.12. The maximum absolute atomic E-state index is 14.0. The fourth-order valence-corrected chi connectivity index (χ4v) is 4.12. The first-order valence-corrected chi connectivity index (χ1v) is 10.2. The van der Waals surface area contributed by atoms with Crippen molar-refractivity contribution in [2.24, 2.45) is 0 Å². The van der Waals surface area contributed by atoms with Crippen molar-refractivity contribution in [3.8, 4) is 11.5 Å². The summed E-state index contributed by atoms with van der Waals surface area (Å²) in [5, 5.41) is 2.95. The third kappa shape index (κ3) is 3.87. The van der Waals surface area contributed by atoms with Gasteiger partial charge in [-0.1, -0.05) is 6.07 Å². The number of aryl methyl sites for hydroxylation is 1. The molecule has 2 aromatic heterocycles. The number of benzene rings is 1. The van der Waals surface area contributed by atoms with E-state index in [4.69, 9.17) is 9.47 Å². The van der Waals surface area contributed by atoms with Gasteiger partial charge in [-0.2, -0.15) is 8.91 Å². The molecule has 1 amide bonds. The van der Waals surface area contributed by atoms with Crippen LogP contribution in [0, 0.1) is 12.7 Å². The maximum atomic E-state index is 14.0. The van der Waals surface area contributed by atoms with Crippen LogP contribution in [0.15, 0.2) is 29.1 Å². The molecule has 8 nitrogen and oxygen atoms in total. The highest BCUT2D eigenvalue weighted by molar-refractivity contribution is 5.79. The zero-order valence-corrected chi connectivity index (χ0v) is 17.8. The number of likely N-dealkylation sites (tertiary alicyclic amines) is 1. The van der Waals surface area contributed by atoms with Gasteiger partial charge in [0, 0.05) is 12.6 Å². The maximum Gasteiger partial charge on any atom is 0.308 e. The number of hydrogen-bond donors (Lipinski definition) is 1. The van der Waals surface area contributed by atoms with Crippen LogP contribution in [0.1, 0.15) is 42.3 Å². The minimum Gasteiger partial charge on any atom is -0.493 e. The van der Waals surface area contributed by atoms with Gasteiger partial charge in [0.25, 0.3) is 0 Å². The first kappa shape index (κ1) is 20.9. The number of nitrogens with one attached hydrogen (secondary N) is 1. The van der Waals surface area contributed by atoms with Gasteiger partial charge in [-0.25, -0.2) is 4.98 Å². The van der Waals surface area contributed by atoms with Crippen molar-refractivity contribution in [3.05, 3.63) is 57.4 Å². The van der Waals surface area contributed by atoms with Crippen LogP contribution >= 0.6 is 0 Å². The first-order valence-electron chi connectivity index (χ1n) is 10.2. The molecular formula is C22H25FN4O4. The second kappa shape index (κ2) is 8.41. The molecule has 1 atom stereocenters. The Bertz CT molecular complexity index is 1190. The largest absolute Gasteiger partial charge is 0.493 e. The molecule has 1 aromatic carbocycles. The van der Waals surface area contributed by atoms with Gasteiger partial charge in [0.2, 0.25) is 11.7 Å². The van der Waals surface area contributed by atoms with Crippen LogP contribution in [0.4, 0.5) is 4.39 Å². The molecule has 1 fully saturated rings. The van der Waals surface area contributed by atoms with Crippen LogP contribution in [-0.4, -0.2) is 46.2 Å². The standard InChI is InChI=1S/C22H25FN4O4/c1-13-21(23)22(29)27-19(24-13)12-15(25-27)16-6-4-5-9-26(16)20(28)11-14-7-8-17(30-2)18(10-14)31-3/h7-8,10,12,16,25H,4-6,9,11H2,1-3H3. The summed E-state index contributed by atoms with van der Waals surface area (Å²) in [5.74, 6) is 0.267. The SMILES string of the molecule is COc1ccc(CC(=O)N2CCCCC2c2cc3nc(C)c(F)c(=O)n3[nH]2)cc1OC. The van der Waals surface area contributed by atoms with Gasteiger partial charge in [0.05, 0.1) is 38.1 Å². The summed E-state index contributed by atoms with van der Waals surface area (Å²) in [6.45, 7) is 2.07. The van der Waals surface area contributed by atoms with Crippen LogP contribution in [0.2, 0.25) is 0 Å². The molecule has 1 unspecified atom stereocenters. The van der Waals surface area contributed by atoms with E-state index in [1.807, 2.05) is 11.0 Å². The molecule has 31 heavy (non-hydrogen) atoms. The van der Waals surface area contributed by atoms with Crippen molar-refractivity contribution in [1.82, 2.24) is 19.5 Å². The number of H-pyrrole nitrogens is 1. The topological polar surface area (TPSA) is 88.9 Å². The van der Waals surface area contributed by atoms with Crippen molar-refractivity contribution in [2.45, 2.75) is 38.6 Å². The third-order valence-electron chi connectivity index (χ3n) is 5.73. The molecule has 164 valence electrons. The number of nitrogens with zero attached hydrogens (tertiary/aromatic N) is 3. The van der Waals surface area contributed by atoms with Crippen LogP contribution in [-0.2, 0) is 11.2 Å². The number of fused-ring (bicyclic) bond motifs is 1. The first-order chi connectivity index (χ1) is 14.9. The number of aromatic amines is 1. The quantitative estimate of drug-likeness (QED) is 0.675. The molecule has 3 heterocycles. The Morgan fingerprint density at radius 3 is 2.74 bits per heavy atom. The van der Waals surface area contributed by atoms with E-state index >= 15 is 0 Å². The molecule has 1 aliphatic rings. The molecule has 0 spiro atoms. The average Bonchev–Trinajstić information content (AvgIpc) is 3.21. The Morgan fingerprint density at radius 1 is 1.23 bits per heavy atom. The van der Waals surface area contributed by atoms with E-state index < -0.39 is 11.4 Å². The van der Waals surface area contributed by atoms with Crippen LogP contribution in [0.3, 0.4) is 0 Å². The highest BCUT2D eigenvalue weighted by atomic mass is 19.1. The molecule has 0 bridgehead atoms. The van der Waals surface area contributed by atoms with Crippen molar-refractivity contribution < 1.29 is 18.7 Å². The average molecular weight is 428 g/mol. The number of carbonyl (C=O) groups is 1. The Labute approximate surface area is 178 Å². The zero-order valence-electron chi connectivity index (χ0n) is 17.8. The van der Waals surface area contributed by atoms with Gasteiger partial charge >= 0.3 is 5.56 Å². The molecule has 0 aliphatic carbocycles. The lowest BCUT2D eigenvalue weighted by molar-refractivity contribution is -0.134. The van der Waals surface area contributed by atoms with E-state index in [0.29, 0.717) is 29.4 Å².